The van der Waals surface area contributed by atoms with Crippen LogP contribution in [0.4, 0.5) is 0 Å². The molecule has 1 saturated heterocycles. The molecule has 8 rings (SSSR count). The number of piperidine rings is 1. The second-order valence-corrected chi connectivity index (χ2v) is 10.6. The maximum atomic E-state index is 12.9. The van der Waals surface area contributed by atoms with E-state index in [4.69, 9.17) is 9.47 Å². The molecular weight excluding hydrogens is 378 g/mol. The number of hydrogen-bond acceptors (Lipinski definition) is 5. The molecule has 7 aliphatic rings. The van der Waals surface area contributed by atoms with Gasteiger partial charge in [0.05, 0.1) is 11.3 Å². The van der Waals surface area contributed by atoms with Gasteiger partial charge in [0.1, 0.15) is 17.5 Å². The van der Waals surface area contributed by atoms with Crippen LogP contribution in [0.2, 0.25) is 0 Å². The van der Waals surface area contributed by atoms with E-state index in [1.54, 1.807) is 20.1 Å². The molecule has 0 radical (unpaired) electrons. The van der Waals surface area contributed by atoms with E-state index in [9.17, 15) is 9.90 Å². The van der Waals surface area contributed by atoms with Gasteiger partial charge in [-0.1, -0.05) is 18.2 Å². The summed E-state index contributed by atoms with van der Waals surface area (Å²) in [5, 5.41) is 10.7. The van der Waals surface area contributed by atoms with Gasteiger partial charge >= 0.3 is 0 Å². The number of phenols is 1. The van der Waals surface area contributed by atoms with Gasteiger partial charge in [0.2, 0.25) is 0 Å². The summed E-state index contributed by atoms with van der Waals surface area (Å²) in [6, 6.07) is 4.27. The van der Waals surface area contributed by atoms with E-state index in [2.05, 4.69) is 23.1 Å². The van der Waals surface area contributed by atoms with Crippen molar-refractivity contribution in [2.24, 2.45) is 17.3 Å². The van der Waals surface area contributed by atoms with Gasteiger partial charge in [0, 0.05) is 30.7 Å². The van der Waals surface area contributed by atoms with E-state index in [0.29, 0.717) is 11.8 Å². The van der Waals surface area contributed by atoms with Gasteiger partial charge in [0.25, 0.3) is 0 Å². The molecule has 2 aliphatic heterocycles. The highest BCUT2D eigenvalue weighted by Gasteiger charge is 2.79. The fraction of sp³-hybridized carbons (Fsp3) is 0.640. The van der Waals surface area contributed by atoms with Crippen molar-refractivity contribution in [2.45, 2.75) is 62.2 Å². The smallest absolute Gasteiger partial charge is 0.165 e. The Morgan fingerprint density at radius 3 is 2.90 bits per heavy atom. The van der Waals surface area contributed by atoms with Crippen LogP contribution in [0, 0.1) is 17.3 Å². The Morgan fingerprint density at radius 2 is 2.17 bits per heavy atom. The van der Waals surface area contributed by atoms with Crippen LogP contribution >= 0.6 is 0 Å². The molecule has 158 valence electrons. The fourth-order valence-corrected chi connectivity index (χ4v) is 8.24. The summed E-state index contributed by atoms with van der Waals surface area (Å²) in [4.78, 5) is 15.6. The van der Waals surface area contributed by atoms with Crippen molar-refractivity contribution in [3.63, 3.8) is 0 Å². The molecule has 2 spiro atoms. The van der Waals surface area contributed by atoms with E-state index in [-0.39, 0.29) is 34.4 Å². The number of carbonyl (C=O) groups excluding carboxylic acids is 1. The van der Waals surface area contributed by atoms with Crippen molar-refractivity contribution in [3.05, 3.63) is 35.4 Å². The SMILES string of the molecule is COC12C=C[C@]3(C[C@@H]1C(C)=O)[C@H]1Cc4ccc(O)c5c4[C@@]3(CCN1CC1CC1)[C@H]2O5. The van der Waals surface area contributed by atoms with Crippen molar-refractivity contribution >= 4 is 5.78 Å². The van der Waals surface area contributed by atoms with Crippen LogP contribution in [0.3, 0.4) is 0 Å². The zero-order valence-corrected chi connectivity index (χ0v) is 17.7. The number of methoxy groups -OCH3 is 1. The van der Waals surface area contributed by atoms with Crippen LogP contribution in [0.5, 0.6) is 11.5 Å². The maximum Gasteiger partial charge on any atom is 0.165 e. The molecule has 5 aliphatic carbocycles. The molecule has 2 saturated carbocycles. The number of hydrogen-bond donors (Lipinski definition) is 1. The Morgan fingerprint density at radius 1 is 1.33 bits per heavy atom. The number of ether oxygens (including phenoxy) is 2. The summed E-state index contributed by atoms with van der Waals surface area (Å²) in [5.74, 6) is 1.66. The van der Waals surface area contributed by atoms with Crippen LogP contribution in [-0.4, -0.2) is 53.7 Å². The van der Waals surface area contributed by atoms with Gasteiger partial charge in [-0.05, 0) is 63.1 Å². The molecule has 30 heavy (non-hydrogen) atoms. The van der Waals surface area contributed by atoms with Gasteiger partial charge in [-0.2, -0.15) is 0 Å². The molecule has 2 heterocycles. The Hall–Kier alpha value is -1.85. The summed E-state index contributed by atoms with van der Waals surface area (Å²) in [5.41, 5.74) is 1.39. The normalized spacial score (nSPS) is 44.7. The van der Waals surface area contributed by atoms with Crippen molar-refractivity contribution in [2.75, 3.05) is 20.2 Å². The molecule has 0 amide bonds. The minimum atomic E-state index is -0.767. The van der Waals surface area contributed by atoms with Gasteiger partial charge in [-0.3, -0.25) is 9.69 Å². The summed E-state index contributed by atoms with van der Waals surface area (Å²) in [6.45, 7) is 3.92. The first-order valence-electron chi connectivity index (χ1n) is 11.5. The highest BCUT2D eigenvalue weighted by molar-refractivity contribution is 5.82. The molecular formula is C25H29NO4. The minimum Gasteiger partial charge on any atom is -0.504 e. The molecule has 5 nitrogen and oxygen atoms in total. The van der Waals surface area contributed by atoms with E-state index in [0.717, 1.165) is 31.7 Å². The number of carbonyl (C=O) groups is 1. The molecule has 1 unspecified atom stereocenters. The monoisotopic (exact) mass is 407 g/mol. The Labute approximate surface area is 177 Å². The van der Waals surface area contributed by atoms with E-state index < -0.39 is 5.60 Å². The number of benzene rings is 1. The standard InChI is InChI=1S/C25H29NO4/c1-14(27)17-12-23-7-8-25(17,29-2)22-24(23)9-10-26(13-15-3-4-15)19(23)11-16-5-6-18(28)21(30-22)20(16)24/h5-8,15,17,19,22,28H,3-4,9-13H2,1-2H3/t17-,19-,22-,23+,24+,25?/m1/s1. The summed E-state index contributed by atoms with van der Waals surface area (Å²) >= 11 is 0. The second kappa shape index (κ2) is 5.31. The van der Waals surface area contributed by atoms with Gasteiger partial charge < -0.3 is 14.6 Å². The predicted octanol–water partition coefficient (Wildman–Crippen LogP) is 2.98. The summed E-state index contributed by atoms with van der Waals surface area (Å²) in [7, 11) is 1.71. The van der Waals surface area contributed by atoms with Crippen LogP contribution < -0.4 is 4.74 Å². The Bertz CT molecular complexity index is 1010. The lowest BCUT2D eigenvalue weighted by atomic mass is 9.37. The largest absolute Gasteiger partial charge is 0.504 e. The van der Waals surface area contributed by atoms with Gasteiger partial charge in [-0.15, -0.1) is 0 Å². The van der Waals surface area contributed by atoms with E-state index in [1.165, 1.54) is 30.5 Å². The fourth-order valence-electron chi connectivity index (χ4n) is 8.24. The van der Waals surface area contributed by atoms with Crippen LogP contribution in [0.25, 0.3) is 0 Å². The molecule has 4 bridgehead atoms. The molecule has 6 atom stereocenters. The third-order valence-electron chi connectivity index (χ3n) is 9.60. The molecule has 1 aromatic rings. The number of nitrogens with zero attached hydrogens (tertiary/aromatic N) is 1. The lowest BCUT2D eigenvalue weighted by Crippen LogP contribution is -2.79. The highest BCUT2D eigenvalue weighted by Crippen LogP contribution is 2.74. The number of rotatable bonds is 4. The maximum absolute atomic E-state index is 12.9. The molecule has 3 fully saturated rings. The average Bonchev–Trinajstić information content (AvgIpc) is 3.48. The lowest BCUT2D eigenvalue weighted by molar-refractivity contribution is -0.214. The number of ketones is 1. The number of Topliss-reactive ketones (excluding diaryl/α,β-unsaturated/α-hetero) is 1. The van der Waals surface area contributed by atoms with Gasteiger partial charge in [0.15, 0.2) is 11.5 Å². The number of phenolic OH excluding ortho intramolecular Hbond substituents is 1. The third kappa shape index (κ3) is 1.72. The number of likely N-dealkylation sites (tertiary alicyclic amines) is 1. The van der Waals surface area contributed by atoms with E-state index >= 15 is 0 Å². The predicted molar refractivity (Wildman–Crippen MR) is 111 cm³/mol. The van der Waals surface area contributed by atoms with E-state index in [1.807, 2.05) is 0 Å². The Balaban J connectivity index is 1.51. The number of aromatic hydroxyl groups is 1. The van der Waals surface area contributed by atoms with Crippen molar-refractivity contribution in [3.8, 4) is 11.5 Å². The van der Waals surface area contributed by atoms with Crippen molar-refractivity contribution in [1.29, 1.82) is 0 Å². The molecule has 1 aromatic carbocycles. The topological polar surface area (TPSA) is 59.0 Å². The minimum absolute atomic E-state index is 0.145. The van der Waals surface area contributed by atoms with Crippen LogP contribution in [0.15, 0.2) is 24.3 Å². The van der Waals surface area contributed by atoms with Crippen molar-refractivity contribution < 1.29 is 19.4 Å². The quantitative estimate of drug-likeness (QED) is 0.778. The summed E-state index contributed by atoms with van der Waals surface area (Å²) < 4.78 is 12.8. The summed E-state index contributed by atoms with van der Waals surface area (Å²) in [6.07, 6.45) is 9.75. The second-order valence-electron chi connectivity index (χ2n) is 10.6. The first-order valence-corrected chi connectivity index (χ1v) is 11.5. The first kappa shape index (κ1) is 17.8. The highest BCUT2D eigenvalue weighted by atomic mass is 16.6. The molecule has 0 aromatic heterocycles. The zero-order valence-electron chi connectivity index (χ0n) is 17.7. The molecule has 1 N–H and O–H groups in total. The van der Waals surface area contributed by atoms with Crippen LogP contribution in [0.1, 0.15) is 43.7 Å². The Kier molecular flexibility index (Phi) is 3.15. The first-order chi connectivity index (χ1) is 14.5. The average molecular weight is 408 g/mol. The van der Waals surface area contributed by atoms with Gasteiger partial charge in [-0.25, -0.2) is 0 Å². The third-order valence-corrected chi connectivity index (χ3v) is 9.60. The molecule has 5 heteroatoms. The zero-order chi connectivity index (χ0) is 20.5. The lowest BCUT2D eigenvalue weighted by Gasteiger charge is -2.71. The van der Waals surface area contributed by atoms with Crippen LogP contribution in [-0.2, 0) is 21.4 Å². The van der Waals surface area contributed by atoms with Crippen molar-refractivity contribution in [1.82, 2.24) is 4.90 Å². The number of fused-ring (bicyclic) bond motifs is 1.